The summed E-state index contributed by atoms with van der Waals surface area (Å²) in [7, 11) is -2.98. The molecule has 4 heteroatoms. The third-order valence-electron chi connectivity index (χ3n) is 3.34. The zero-order valence-electron chi connectivity index (χ0n) is 13.0. The normalized spacial score (nSPS) is 13.7. The molecular formula is C16H27NO2S. The minimum absolute atomic E-state index is 0.113. The quantitative estimate of drug-likeness (QED) is 0.802. The third-order valence-corrected chi connectivity index (χ3v) is 5.06. The number of sulfone groups is 1. The van der Waals surface area contributed by atoms with Gasteiger partial charge in [0.1, 0.15) is 0 Å². The van der Waals surface area contributed by atoms with Crippen molar-refractivity contribution in [1.82, 2.24) is 5.32 Å². The van der Waals surface area contributed by atoms with Crippen LogP contribution in [0.15, 0.2) is 24.3 Å². The molecule has 0 fully saturated rings. The second-order valence-corrected chi connectivity index (χ2v) is 8.05. The van der Waals surface area contributed by atoms with Gasteiger partial charge in [-0.25, -0.2) is 8.42 Å². The third kappa shape index (κ3) is 5.63. The molecule has 0 aliphatic carbocycles. The monoisotopic (exact) mass is 297 g/mol. The van der Waals surface area contributed by atoms with Crippen LogP contribution in [0, 0.1) is 5.92 Å². The van der Waals surface area contributed by atoms with Gasteiger partial charge in [-0.2, -0.15) is 0 Å². The maximum Gasteiger partial charge on any atom is 0.151 e. The van der Waals surface area contributed by atoms with Crippen LogP contribution in [0.4, 0.5) is 0 Å². The molecule has 0 amide bonds. The van der Waals surface area contributed by atoms with Gasteiger partial charge >= 0.3 is 0 Å². The molecule has 0 radical (unpaired) electrons. The molecular weight excluding hydrogens is 270 g/mol. The average molecular weight is 297 g/mol. The molecule has 0 aliphatic rings. The van der Waals surface area contributed by atoms with Crippen LogP contribution < -0.4 is 5.32 Å². The summed E-state index contributed by atoms with van der Waals surface area (Å²) in [5.74, 6) is 0.993. The second kappa shape index (κ2) is 7.79. The molecule has 0 aromatic heterocycles. The van der Waals surface area contributed by atoms with Crippen LogP contribution in [0.5, 0.6) is 0 Å². The van der Waals surface area contributed by atoms with Gasteiger partial charge < -0.3 is 5.32 Å². The standard InChI is InChI=1S/C16H27NO2S/c1-5-17-16(12-20(18,19)6-2)15-9-7-14(8-10-15)11-13(3)4/h7-10,13,16-17H,5-6,11-12H2,1-4H3. The highest BCUT2D eigenvalue weighted by atomic mass is 32.2. The molecule has 114 valence electrons. The Morgan fingerprint density at radius 1 is 1.10 bits per heavy atom. The van der Waals surface area contributed by atoms with Gasteiger partial charge in [-0.3, -0.25) is 0 Å². The zero-order chi connectivity index (χ0) is 15.2. The summed E-state index contributed by atoms with van der Waals surface area (Å²) in [6.45, 7) is 8.85. The van der Waals surface area contributed by atoms with Crippen molar-refractivity contribution in [2.75, 3.05) is 18.1 Å². The van der Waals surface area contributed by atoms with Gasteiger partial charge in [0.15, 0.2) is 9.84 Å². The molecule has 1 rings (SSSR count). The van der Waals surface area contributed by atoms with Crippen LogP contribution in [0.3, 0.4) is 0 Å². The fraction of sp³-hybridized carbons (Fsp3) is 0.625. The van der Waals surface area contributed by atoms with Crippen molar-refractivity contribution in [2.45, 2.75) is 40.2 Å². The smallest absolute Gasteiger partial charge is 0.151 e. The van der Waals surface area contributed by atoms with Crippen molar-refractivity contribution in [3.63, 3.8) is 0 Å². The summed E-state index contributed by atoms with van der Waals surface area (Å²) in [5.41, 5.74) is 2.36. The highest BCUT2D eigenvalue weighted by Gasteiger charge is 2.18. The summed E-state index contributed by atoms with van der Waals surface area (Å²) in [6.07, 6.45) is 1.05. The van der Waals surface area contributed by atoms with E-state index >= 15 is 0 Å². The fourth-order valence-electron chi connectivity index (χ4n) is 2.25. The Balaban J connectivity index is 2.86. The Hall–Kier alpha value is -0.870. The highest BCUT2D eigenvalue weighted by Crippen LogP contribution is 2.18. The molecule has 1 atom stereocenters. The maximum absolute atomic E-state index is 11.8. The molecule has 0 heterocycles. The van der Waals surface area contributed by atoms with E-state index in [2.05, 4.69) is 43.4 Å². The van der Waals surface area contributed by atoms with Crippen molar-refractivity contribution < 1.29 is 8.42 Å². The van der Waals surface area contributed by atoms with Crippen molar-refractivity contribution in [1.29, 1.82) is 0 Å². The second-order valence-electron chi connectivity index (χ2n) is 5.65. The van der Waals surface area contributed by atoms with E-state index in [4.69, 9.17) is 0 Å². The largest absolute Gasteiger partial charge is 0.309 e. The van der Waals surface area contributed by atoms with Crippen molar-refractivity contribution >= 4 is 9.84 Å². The van der Waals surface area contributed by atoms with Gasteiger partial charge in [-0.05, 0) is 30.0 Å². The number of hydrogen-bond acceptors (Lipinski definition) is 3. The lowest BCUT2D eigenvalue weighted by atomic mass is 10.00. The summed E-state index contributed by atoms with van der Waals surface area (Å²) >= 11 is 0. The predicted octanol–water partition coefficient (Wildman–Crippen LogP) is 2.97. The van der Waals surface area contributed by atoms with Gasteiger partial charge in [0.2, 0.25) is 0 Å². The van der Waals surface area contributed by atoms with Gasteiger partial charge in [0.05, 0.1) is 5.75 Å². The number of hydrogen-bond donors (Lipinski definition) is 1. The van der Waals surface area contributed by atoms with Gasteiger partial charge in [-0.15, -0.1) is 0 Å². The molecule has 0 bridgehead atoms. The van der Waals surface area contributed by atoms with Crippen LogP contribution >= 0.6 is 0 Å². The van der Waals surface area contributed by atoms with Gasteiger partial charge in [0.25, 0.3) is 0 Å². The lowest BCUT2D eigenvalue weighted by molar-refractivity contribution is 0.560. The molecule has 0 saturated heterocycles. The molecule has 0 aliphatic heterocycles. The topological polar surface area (TPSA) is 46.2 Å². The van der Waals surface area contributed by atoms with E-state index in [-0.39, 0.29) is 17.5 Å². The van der Waals surface area contributed by atoms with Crippen molar-refractivity contribution in [3.8, 4) is 0 Å². The van der Waals surface area contributed by atoms with Crippen LogP contribution in [0.1, 0.15) is 44.9 Å². The molecule has 1 aromatic rings. The van der Waals surface area contributed by atoms with Crippen LogP contribution in [0.2, 0.25) is 0 Å². The number of benzene rings is 1. The lowest BCUT2D eigenvalue weighted by Gasteiger charge is -2.18. The molecule has 1 N–H and O–H groups in total. The first-order valence-electron chi connectivity index (χ1n) is 7.40. The first-order valence-corrected chi connectivity index (χ1v) is 9.22. The van der Waals surface area contributed by atoms with Gasteiger partial charge in [0, 0.05) is 11.8 Å². The Kier molecular flexibility index (Phi) is 6.69. The van der Waals surface area contributed by atoms with Crippen LogP contribution in [-0.4, -0.2) is 26.5 Å². The van der Waals surface area contributed by atoms with E-state index in [0.717, 1.165) is 18.5 Å². The first-order chi connectivity index (χ1) is 9.38. The molecule has 20 heavy (non-hydrogen) atoms. The maximum atomic E-state index is 11.8. The summed E-state index contributed by atoms with van der Waals surface area (Å²) in [4.78, 5) is 0. The Morgan fingerprint density at radius 2 is 1.70 bits per heavy atom. The van der Waals surface area contributed by atoms with Crippen LogP contribution in [-0.2, 0) is 16.3 Å². The number of nitrogens with one attached hydrogen (secondary N) is 1. The van der Waals surface area contributed by atoms with E-state index in [0.29, 0.717) is 5.92 Å². The first kappa shape index (κ1) is 17.2. The van der Waals surface area contributed by atoms with Crippen molar-refractivity contribution in [3.05, 3.63) is 35.4 Å². The SMILES string of the molecule is CCNC(CS(=O)(=O)CC)c1ccc(CC(C)C)cc1. The van der Waals surface area contributed by atoms with Crippen molar-refractivity contribution in [2.24, 2.45) is 5.92 Å². The highest BCUT2D eigenvalue weighted by molar-refractivity contribution is 7.91. The molecule has 0 saturated carbocycles. The summed E-state index contributed by atoms with van der Waals surface area (Å²) in [5, 5.41) is 3.27. The van der Waals surface area contributed by atoms with E-state index in [1.54, 1.807) is 6.92 Å². The summed E-state index contributed by atoms with van der Waals surface area (Å²) in [6, 6.07) is 8.21. The minimum atomic E-state index is -2.98. The van der Waals surface area contributed by atoms with E-state index < -0.39 is 9.84 Å². The summed E-state index contributed by atoms with van der Waals surface area (Å²) < 4.78 is 23.7. The molecule has 3 nitrogen and oxygen atoms in total. The zero-order valence-corrected chi connectivity index (χ0v) is 13.8. The van der Waals surface area contributed by atoms with E-state index in [1.807, 2.05) is 6.92 Å². The molecule has 1 unspecified atom stereocenters. The molecule has 1 aromatic carbocycles. The minimum Gasteiger partial charge on any atom is -0.309 e. The Bertz CT molecular complexity index is 492. The Labute approximate surface area is 123 Å². The fourth-order valence-corrected chi connectivity index (χ4v) is 3.30. The van der Waals surface area contributed by atoms with Crippen LogP contribution in [0.25, 0.3) is 0 Å². The lowest BCUT2D eigenvalue weighted by Crippen LogP contribution is -2.28. The molecule has 0 spiro atoms. The van der Waals surface area contributed by atoms with E-state index in [1.165, 1.54) is 5.56 Å². The number of rotatable bonds is 8. The van der Waals surface area contributed by atoms with E-state index in [9.17, 15) is 8.42 Å². The average Bonchev–Trinajstić information content (AvgIpc) is 2.38. The Morgan fingerprint density at radius 3 is 2.15 bits per heavy atom. The van der Waals surface area contributed by atoms with Gasteiger partial charge in [-0.1, -0.05) is 52.0 Å². The predicted molar refractivity (Wildman–Crippen MR) is 85.7 cm³/mol.